The third-order valence-corrected chi connectivity index (χ3v) is 4.46. The number of ether oxygens (including phenoxy) is 1. The van der Waals surface area contributed by atoms with Crippen molar-refractivity contribution in [3.63, 3.8) is 0 Å². The van der Waals surface area contributed by atoms with Crippen molar-refractivity contribution in [2.75, 3.05) is 7.05 Å². The summed E-state index contributed by atoms with van der Waals surface area (Å²) in [5, 5.41) is 3.34. The molecule has 2 aromatic carbocycles. The summed E-state index contributed by atoms with van der Waals surface area (Å²) in [5.74, 6) is 0.708. The summed E-state index contributed by atoms with van der Waals surface area (Å²) in [5.41, 5.74) is 2.82. The van der Waals surface area contributed by atoms with Crippen LogP contribution in [-0.4, -0.2) is 7.05 Å². The van der Waals surface area contributed by atoms with Gasteiger partial charge in [-0.15, -0.1) is 0 Å². The van der Waals surface area contributed by atoms with E-state index in [0.717, 1.165) is 27.8 Å². The maximum absolute atomic E-state index is 13.4. The van der Waals surface area contributed by atoms with Crippen LogP contribution in [0.4, 0.5) is 4.39 Å². The number of rotatable bonds is 2. The average molecular weight is 350 g/mol. The first-order valence-corrected chi connectivity index (χ1v) is 7.77. The van der Waals surface area contributed by atoms with E-state index in [-0.39, 0.29) is 18.0 Å². The van der Waals surface area contributed by atoms with Gasteiger partial charge >= 0.3 is 0 Å². The third kappa shape index (κ3) is 2.83. The summed E-state index contributed by atoms with van der Waals surface area (Å²) in [4.78, 5) is 0. The summed E-state index contributed by atoms with van der Waals surface area (Å²) < 4.78 is 20.6. The maximum atomic E-state index is 13.4. The topological polar surface area (TPSA) is 21.3 Å². The fourth-order valence-electron chi connectivity index (χ4n) is 2.79. The van der Waals surface area contributed by atoms with Crippen molar-refractivity contribution in [1.82, 2.24) is 5.32 Å². The van der Waals surface area contributed by atoms with Crippen LogP contribution in [0, 0.1) is 12.7 Å². The molecular weight excluding hydrogens is 333 g/mol. The lowest BCUT2D eigenvalue weighted by molar-refractivity contribution is 0.153. The van der Waals surface area contributed by atoms with Crippen molar-refractivity contribution in [3.05, 3.63) is 63.4 Å². The lowest BCUT2D eigenvalue weighted by Gasteiger charge is -2.32. The molecule has 110 valence electrons. The van der Waals surface area contributed by atoms with Crippen LogP contribution in [0.2, 0.25) is 0 Å². The molecule has 1 aliphatic heterocycles. The Labute approximate surface area is 132 Å². The molecule has 1 aliphatic rings. The Morgan fingerprint density at radius 3 is 2.76 bits per heavy atom. The summed E-state index contributed by atoms with van der Waals surface area (Å²) in [6.45, 7) is 1.78. The number of halogens is 2. The Bertz CT molecular complexity index is 674. The fraction of sp³-hybridized carbons (Fsp3) is 0.294. The van der Waals surface area contributed by atoms with Crippen LogP contribution < -0.4 is 10.1 Å². The highest BCUT2D eigenvalue weighted by Crippen LogP contribution is 2.41. The number of hydrogen-bond acceptors (Lipinski definition) is 2. The van der Waals surface area contributed by atoms with Gasteiger partial charge in [-0.05, 0) is 55.4 Å². The first-order chi connectivity index (χ1) is 10.1. The van der Waals surface area contributed by atoms with Gasteiger partial charge < -0.3 is 10.1 Å². The number of benzene rings is 2. The first-order valence-electron chi connectivity index (χ1n) is 6.98. The second-order valence-electron chi connectivity index (χ2n) is 5.37. The van der Waals surface area contributed by atoms with Gasteiger partial charge in [-0.25, -0.2) is 4.39 Å². The van der Waals surface area contributed by atoms with E-state index in [2.05, 4.69) is 27.3 Å². The van der Waals surface area contributed by atoms with Crippen molar-refractivity contribution in [2.45, 2.75) is 25.5 Å². The van der Waals surface area contributed by atoms with Crippen LogP contribution in [0.5, 0.6) is 5.75 Å². The maximum Gasteiger partial charge on any atom is 0.126 e. The molecule has 0 saturated carbocycles. The van der Waals surface area contributed by atoms with Crippen LogP contribution in [0.3, 0.4) is 0 Å². The minimum atomic E-state index is -0.177. The van der Waals surface area contributed by atoms with E-state index in [4.69, 9.17) is 4.74 Å². The average Bonchev–Trinajstić information content (AvgIpc) is 2.49. The van der Waals surface area contributed by atoms with Gasteiger partial charge in [0, 0.05) is 22.5 Å². The second kappa shape index (κ2) is 5.78. The molecule has 0 amide bonds. The third-order valence-electron chi connectivity index (χ3n) is 3.97. The number of fused-ring (bicyclic) bond motifs is 1. The van der Waals surface area contributed by atoms with Crippen LogP contribution in [0.1, 0.15) is 35.3 Å². The molecule has 1 N–H and O–H groups in total. The predicted molar refractivity (Wildman–Crippen MR) is 85.1 cm³/mol. The van der Waals surface area contributed by atoms with Gasteiger partial charge in [0.05, 0.1) is 0 Å². The summed E-state index contributed by atoms with van der Waals surface area (Å²) in [7, 11) is 1.95. The highest BCUT2D eigenvalue weighted by molar-refractivity contribution is 9.10. The minimum Gasteiger partial charge on any atom is -0.485 e. The highest BCUT2D eigenvalue weighted by Gasteiger charge is 2.28. The Balaban J connectivity index is 1.96. The fourth-order valence-corrected chi connectivity index (χ4v) is 3.17. The zero-order valence-corrected chi connectivity index (χ0v) is 13.6. The second-order valence-corrected chi connectivity index (χ2v) is 6.29. The molecule has 2 unspecified atom stereocenters. The largest absolute Gasteiger partial charge is 0.485 e. The standard InChI is InChI=1S/C17H17BrFNO/c1-10-7-11(3-5-14(10)19)17-9-15(20-2)13-8-12(18)4-6-16(13)21-17/h3-8,15,17,20H,9H2,1-2H3. The van der Waals surface area contributed by atoms with Gasteiger partial charge in [0.2, 0.25) is 0 Å². The van der Waals surface area contributed by atoms with Gasteiger partial charge in [-0.3, -0.25) is 0 Å². The van der Waals surface area contributed by atoms with Gasteiger partial charge in [0.15, 0.2) is 0 Å². The summed E-state index contributed by atoms with van der Waals surface area (Å²) >= 11 is 3.50. The van der Waals surface area contributed by atoms with Crippen LogP contribution in [0.15, 0.2) is 40.9 Å². The molecule has 2 nitrogen and oxygen atoms in total. The molecule has 4 heteroatoms. The summed E-state index contributed by atoms with van der Waals surface area (Å²) in [6, 6.07) is 11.5. The van der Waals surface area contributed by atoms with Gasteiger partial charge in [0.25, 0.3) is 0 Å². The minimum absolute atomic E-state index is 0.0598. The summed E-state index contributed by atoms with van der Waals surface area (Å²) in [6.07, 6.45) is 0.765. The molecule has 2 aromatic rings. The van der Waals surface area contributed by atoms with E-state index in [1.165, 1.54) is 6.07 Å². The van der Waals surface area contributed by atoms with Crippen LogP contribution >= 0.6 is 15.9 Å². The molecule has 0 saturated heterocycles. The molecule has 21 heavy (non-hydrogen) atoms. The number of hydrogen-bond donors (Lipinski definition) is 1. The van der Waals surface area contributed by atoms with E-state index in [9.17, 15) is 4.39 Å². The van der Waals surface area contributed by atoms with Crippen molar-refractivity contribution >= 4 is 15.9 Å². The lowest BCUT2D eigenvalue weighted by Crippen LogP contribution is -2.26. The van der Waals surface area contributed by atoms with E-state index in [1.54, 1.807) is 6.92 Å². The quantitative estimate of drug-likeness (QED) is 0.849. The molecule has 0 spiro atoms. The number of aryl methyl sites for hydroxylation is 1. The molecule has 0 radical (unpaired) electrons. The zero-order valence-electron chi connectivity index (χ0n) is 12.0. The Hall–Kier alpha value is -1.39. The normalized spacial score (nSPS) is 20.8. The van der Waals surface area contributed by atoms with Gasteiger partial charge in [-0.2, -0.15) is 0 Å². The van der Waals surface area contributed by atoms with Crippen molar-refractivity contribution in [3.8, 4) is 5.75 Å². The van der Waals surface area contributed by atoms with Crippen LogP contribution in [0.25, 0.3) is 0 Å². The molecule has 3 rings (SSSR count). The van der Waals surface area contributed by atoms with E-state index in [1.807, 2.05) is 31.3 Å². The monoisotopic (exact) mass is 349 g/mol. The van der Waals surface area contributed by atoms with E-state index >= 15 is 0 Å². The number of nitrogens with one attached hydrogen (secondary N) is 1. The van der Waals surface area contributed by atoms with Crippen molar-refractivity contribution < 1.29 is 9.13 Å². The van der Waals surface area contributed by atoms with E-state index < -0.39 is 0 Å². The molecule has 2 atom stereocenters. The Kier molecular flexibility index (Phi) is 4.00. The molecule has 0 fully saturated rings. The van der Waals surface area contributed by atoms with Crippen LogP contribution in [-0.2, 0) is 0 Å². The first kappa shape index (κ1) is 14.5. The molecule has 0 aromatic heterocycles. The van der Waals surface area contributed by atoms with Gasteiger partial charge in [0.1, 0.15) is 17.7 Å². The smallest absolute Gasteiger partial charge is 0.126 e. The van der Waals surface area contributed by atoms with Crippen molar-refractivity contribution in [1.29, 1.82) is 0 Å². The SMILES string of the molecule is CNC1CC(c2ccc(F)c(C)c2)Oc2ccc(Br)cc21. The molecule has 1 heterocycles. The van der Waals surface area contributed by atoms with Gasteiger partial charge in [-0.1, -0.05) is 22.0 Å². The predicted octanol–water partition coefficient (Wildman–Crippen LogP) is 4.68. The Morgan fingerprint density at radius 2 is 2.05 bits per heavy atom. The Morgan fingerprint density at radius 1 is 1.24 bits per heavy atom. The van der Waals surface area contributed by atoms with Crippen molar-refractivity contribution in [2.24, 2.45) is 0 Å². The lowest BCUT2D eigenvalue weighted by atomic mass is 9.92. The zero-order chi connectivity index (χ0) is 15.0. The molecule has 0 aliphatic carbocycles. The molecule has 0 bridgehead atoms. The highest BCUT2D eigenvalue weighted by atomic mass is 79.9. The van der Waals surface area contributed by atoms with E-state index in [0.29, 0.717) is 5.56 Å². The molecular formula is C17H17BrFNO.